The highest BCUT2D eigenvalue weighted by atomic mass is 32.2. The molecule has 34 heavy (non-hydrogen) atoms. The number of rotatable bonds is 7. The van der Waals surface area contributed by atoms with Crippen LogP contribution >= 0.6 is 0 Å². The van der Waals surface area contributed by atoms with Gasteiger partial charge in [0.25, 0.3) is 10.0 Å². The van der Waals surface area contributed by atoms with Crippen molar-refractivity contribution in [2.75, 3.05) is 6.54 Å². The van der Waals surface area contributed by atoms with Gasteiger partial charge < -0.3 is 10.6 Å². The van der Waals surface area contributed by atoms with E-state index >= 15 is 0 Å². The highest BCUT2D eigenvalue weighted by molar-refractivity contribution is 7.90. The normalized spacial score (nSPS) is 22.8. The Balaban J connectivity index is 1.47. The standard InChI is InChI=1S/C24H34N4O5S/c1-4-21-17(3)15-28(22(21)29)24(31)25-14-13-18-7-11-20(12-8-18)34(32,33)27-23(30)26-19-9-5-16(2)6-10-19/h7-8,11-12,15-16,19,21H,4-6,9-10,13-14H2,1-3H3,(H,25,31)(H2,26,27,30)/t16-,19+,21?. The van der Waals surface area contributed by atoms with Crippen molar-refractivity contribution in [2.45, 2.75) is 70.2 Å². The Kier molecular flexibility index (Phi) is 8.35. The third-order valence-corrected chi connectivity index (χ3v) is 7.89. The fourth-order valence-corrected chi connectivity index (χ4v) is 5.32. The van der Waals surface area contributed by atoms with Gasteiger partial charge in [0.05, 0.1) is 10.8 Å². The van der Waals surface area contributed by atoms with Gasteiger partial charge in [0, 0.05) is 18.8 Å². The number of nitrogens with zero attached hydrogens (tertiary/aromatic N) is 1. The Hall–Kier alpha value is -2.88. The minimum Gasteiger partial charge on any atom is -0.337 e. The zero-order valence-corrected chi connectivity index (χ0v) is 20.8. The summed E-state index contributed by atoms with van der Waals surface area (Å²) in [5.74, 6) is 0.165. The second-order valence-corrected chi connectivity index (χ2v) is 10.9. The van der Waals surface area contributed by atoms with Gasteiger partial charge in [0.2, 0.25) is 5.91 Å². The fourth-order valence-electron chi connectivity index (χ4n) is 4.41. The molecule has 1 heterocycles. The number of amides is 5. The van der Waals surface area contributed by atoms with E-state index in [-0.39, 0.29) is 22.8 Å². The maximum absolute atomic E-state index is 12.5. The molecule has 0 spiro atoms. The minimum atomic E-state index is -3.98. The number of imide groups is 1. The summed E-state index contributed by atoms with van der Waals surface area (Å²) in [5.41, 5.74) is 1.68. The first kappa shape index (κ1) is 25.7. The number of benzene rings is 1. The summed E-state index contributed by atoms with van der Waals surface area (Å²) in [6, 6.07) is 4.94. The molecule has 0 aromatic heterocycles. The van der Waals surface area contributed by atoms with Crippen molar-refractivity contribution in [3.05, 3.63) is 41.6 Å². The average Bonchev–Trinajstić information content (AvgIpc) is 3.08. The number of carbonyl (C=O) groups excluding carboxylic acids is 3. The molecule has 0 bridgehead atoms. The Bertz CT molecular complexity index is 1040. The van der Waals surface area contributed by atoms with Crippen LogP contribution in [0, 0.1) is 11.8 Å². The van der Waals surface area contributed by atoms with Gasteiger partial charge in [-0.25, -0.2) is 27.6 Å². The third kappa shape index (κ3) is 6.37. The zero-order chi connectivity index (χ0) is 24.9. The highest BCUT2D eigenvalue weighted by Gasteiger charge is 2.33. The topological polar surface area (TPSA) is 125 Å². The van der Waals surface area contributed by atoms with E-state index in [4.69, 9.17) is 0 Å². The lowest BCUT2D eigenvalue weighted by atomic mass is 9.87. The first-order valence-electron chi connectivity index (χ1n) is 11.8. The Morgan fingerprint density at radius 1 is 1.09 bits per heavy atom. The third-order valence-electron chi connectivity index (χ3n) is 6.55. The van der Waals surface area contributed by atoms with Crippen LogP contribution in [0.5, 0.6) is 0 Å². The van der Waals surface area contributed by atoms with Crippen LogP contribution in [0.2, 0.25) is 0 Å². The Morgan fingerprint density at radius 2 is 1.74 bits per heavy atom. The van der Waals surface area contributed by atoms with Gasteiger partial charge in [-0.05, 0) is 74.6 Å². The molecule has 9 nitrogen and oxygen atoms in total. The number of hydrogen-bond donors (Lipinski definition) is 3. The summed E-state index contributed by atoms with van der Waals surface area (Å²) in [6.45, 7) is 6.21. The number of sulfonamides is 1. The maximum atomic E-state index is 12.5. The predicted octanol–water partition coefficient (Wildman–Crippen LogP) is 3.28. The quantitative estimate of drug-likeness (QED) is 0.541. The predicted molar refractivity (Wildman–Crippen MR) is 128 cm³/mol. The van der Waals surface area contributed by atoms with Crippen molar-refractivity contribution in [3.8, 4) is 0 Å². The van der Waals surface area contributed by atoms with Crippen LogP contribution in [0.3, 0.4) is 0 Å². The van der Waals surface area contributed by atoms with Crippen LogP contribution in [-0.4, -0.2) is 43.9 Å². The van der Waals surface area contributed by atoms with Gasteiger partial charge in [-0.15, -0.1) is 0 Å². The van der Waals surface area contributed by atoms with Crippen molar-refractivity contribution < 1.29 is 22.8 Å². The smallest absolute Gasteiger partial charge is 0.328 e. The lowest BCUT2D eigenvalue weighted by Crippen LogP contribution is -2.45. The van der Waals surface area contributed by atoms with E-state index in [1.807, 2.05) is 13.8 Å². The first-order valence-corrected chi connectivity index (χ1v) is 13.3. The molecule has 1 saturated carbocycles. The van der Waals surface area contributed by atoms with E-state index in [1.54, 1.807) is 18.3 Å². The SMILES string of the molecule is CCC1C(=O)N(C(=O)NCCc2ccc(S(=O)(=O)NC(=O)N[C@H]3CC[C@@H](C)CC3)cc2)C=C1C. The summed E-state index contributed by atoms with van der Waals surface area (Å²) in [6.07, 6.45) is 6.41. The summed E-state index contributed by atoms with van der Waals surface area (Å²) in [7, 11) is -3.98. The lowest BCUT2D eigenvalue weighted by Gasteiger charge is -2.26. The molecule has 1 aliphatic heterocycles. The molecule has 1 aromatic rings. The van der Waals surface area contributed by atoms with Gasteiger partial charge in [0.1, 0.15) is 0 Å². The van der Waals surface area contributed by atoms with Gasteiger partial charge in [-0.1, -0.05) is 26.0 Å². The van der Waals surface area contributed by atoms with Gasteiger partial charge in [0.15, 0.2) is 0 Å². The molecule has 3 rings (SSSR count). The number of nitrogens with one attached hydrogen (secondary N) is 3. The minimum absolute atomic E-state index is 0.00731. The molecule has 0 radical (unpaired) electrons. The summed E-state index contributed by atoms with van der Waals surface area (Å²) in [4.78, 5) is 37.9. The largest absolute Gasteiger partial charge is 0.337 e. The molecule has 186 valence electrons. The Morgan fingerprint density at radius 3 is 2.32 bits per heavy atom. The van der Waals surface area contributed by atoms with E-state index < -0.39 is 22.1 Å². The van der Waals surface area contributed by atoms with Gasteiger partial charge in [-0.3, -0.25) is 4.79 Å². The van der Waals surface area contributed by atoms with Crippen LogP contribution in [0.1, 0.15) is 58.4 Å². The van der Waals surface area contributed by atoms with E-state index in [0.717, 1.165) is 41.7 Å². The fraction of sp³-hybridized carbons (Fsp3) is 0.542. The van der Waals surface area contributed by atoms with Crippen LogP contribution in [0.25, 0.3) is 0 Å². The van der Waals surface area contributed by atoms with E-state index in [0.29, 0.717) is 25.3 Å². The van der Waals surface area contributed by atoms with Crippen LogP contribution in [-0.2, 0) is 21.2 Å². The van der Waals surface area contributed by atoms with E-state index in [9.17, 15) is 22.8 Å². The second kappa shape index (κ2) is 11.0. The summed E-state index contributed by atoms with van der Waals surface area (Å²) >= 11 is 0. The molecular formula is C24H34N4O5S. The van der Waals surface area contributed by atoms with Crippen molar-refractivity contribution in [1.82, 2.24) is 20.3 Å². The zero-order valence-electron chi connectivity index (χ0n) is 20.0. The molecule has 10 heteroatoms. The maximum Gasteiger partial charge on any atom is 0.328 e. The summed E-state index contributed by atoms with van der Waals surface area (Å²) < 4.78 is 27.1. The number of urea groups is 2. The van der Waals surface area contributed by atoms with Crippen LogP contribution in [0.15, 0.2) is 40.9 Å². The monoisotopic (exact) mass is 490 g/mol. The molecule has 1 unspecified atom stereocenters. The number of hydrogen-bond acceptors (Lipinski definition) is 5. The molecule has 2 aliphatic rings. The Labute approximate surface area is 201 Å². The second-order valence-electron chi connectivity index (χ2n) is 9.20. The number of carbonyl (C=O) groups is 3. The molecule has 1 fully saturated rings. The summed E-state index contributed by atoms with van der Waals surface area (Å²) in [5, 5.41) is 5.47. The van der Waals surface area contributed by atoms with E-state index in [2.05, 4.69) is 22.3 Å². The van der Waals surface area contributed by atoms with Gasteiger partial charge in [-0.2, -0.15) is 0 Å². The van der Waals surface area contributed by atoms with Crippen LogP contribution < -0.4 is 15.4 Å². The molecule has 5 amide bonds. The average molecular weight is 491 g/mol. The van der Waals surface area contributed by atoms with Crippen molar-refractivity contribution in [2.24, 2.45) is 11.8 Å². The molecular weight excluding hydrogens is 456 g/mol. The van der Waals surface area contributed by atoms with Crippen LogP contribution in [0.4, 0.5) is 9.59 Å². The van der Waals surface area contributed by atoms with Crippen molar-refractivity contribution in [1.29, 1.82) is 0 Å². The lowest BCUT2D eigenvalue weighted by molar-refractivity contribution is -0.127. The van der Waals surface area contributed by atoms with Crippen molar-refractivity contribution >= 4 is 28.0 Å². The van der Waals surface area contributed by atoms with Gasteiger partial charge >= 0.3 is 12.1 Å². The highest BCUT2D eigenvalue weighted by Crippen LogP contribution is 2.25. The molecule has 0 saturated heterocycles. The molecule has 1 atom stereocenters. The van der Waals surface area contributed by atoms with Crippen molar-refractivity contribution in [3.63, 3.8) is 0 Å². The molecule has 1 aliphatic carbocycles. The first-order chi connectivity index (χ1) is 16.1. The molecule has 1 aromatic carbocycles. The molecule has 3 N–H and O–H groups in total. The van der Waals surface area contributed by atoms with E-state index in [1.165, 1.54) is 12.1 Å².